The van der Waals surface area contributed by atoms with E-state index >= 15 is 0 Å². The third-order valence-electron chi connectivity index (χ3n) is 1.72. The van der Waals surface area contributed by atoms with Crippen molar-refractivity contribution in [3.05, 3.63) is 35.4 Å². The zero-order chi connectivity index (χ0) is 9.52. The Morgan fingerprint density at radius 3 is 2.85 bits per heavy atom. The van der Waals surface area contributed by atoms with Gasteiger partial charge in [-0.15, -0.1) is 0 Å². The van der Waals surface area contributed by atoms with Gasteiger partial charge in [0.15, 0.2) is 0 Å². The third kappa shape index (κ3) is 2.85. The van der Waals surface area contributed by atoms with Crippen molar-refractivity contribution in [2.24, 2.45) is 0 Å². The van der Waals surface area contributed by atoms with Gasteiger partial charge in [-0.05, 0) is 11.6 Å². The minimum absolute atomic E-state index is 0.333. The largest absolute Gasteiger partial charge is 0.310 e. The van der Waals surface area contributed by atoms with Gasteiger partial charge in [0, 0.05) is 13.1 Å². The first kappa shape index (κ1) is 9.69. The second-order valence-corrected chi connectivity index (χ2v) is 2.63. The van der Waals surface area contributed by atoms with Gasteiger partial charge in [-0.2, -0.15) is 5.26 Å². The van der Waals surface area contributed by atoms with Crippen molar-refractivity contribution in [2.45, 2.75) is 6.54 Å². The van der Waals surface area contributed by atoms with Crippen molar-refractivity contribution < 1.29 is 4.39 Å². The van der Waals surface area contributed by atoms with Crippen molar-refractivity contribution in [1.29, 1.82) is 5.26 Å². The molecule has 0 aliphatic heterocycles. The van der Waals surface area contributed by atoms with Crippen molar-refractivity contribution in [3.63, 3.8) is 0 Å². The van der Waals surface area contributed by atoms with Gasteiger partial charge in [0.2, 0.25) is 0 Å². The highest BCUT2D eigenvalue weighted by molar-refractivity contribution is 5.37. The van der Waals surface area contributed by atoms with Crippen molar-refractivity contribution in [1.82, 2.24) is 5.32 Å². The van der Waals surface area contributed by atoms with E-state index in [0.29, 0.717) is 18.7 Å². The molecule has 0 radical (unpaired) electrons. The number of hydrogen-bond acceptors (Lipinski definition) is 2. The number of benzene rings is 1. The van der Waals surface area contributed by atoms with E-state index in [2.05, 4.69) is 11.4 Å². The lowest BCUT2D eigenvalue weighted by atomic mass is 10.1. The molecule has 1 aromatic rings. The minimum atomic E-state index is -0.380. The van der Waals surface area contributed by atoms with E-state index in [0.717, 1.165) is 5.56 Å². The Bertz CT molecular complexity index is 304. The molecule has 0 amide bonds. The van der Waals surface area contributed by atoms with Crippen molar-refractivity contribution in [3.8, 4) is 6.07 Å². The topological polar surface area (TPSA) is 35.8 Å². The van der Waals surface area contributed by atoms with Gasteiger partial charge in [-0.25, -0.2) is 4.39 Å². The summed E-state index contributed by atoms with van der Waals surface area (Å²) < 4.78 is 11.8. The Labute approximate surface area is 77.0 Å². The van der Waals surface area contributed by atoms with Crippen LogP contribution in [0.2, 0.25) is 0 Å². The van der Waals surface area contributed by atoms with Gasteiger partial charge >= 0.3 is 0 Å². The first-order chi connectivity index (χ1) is 6.38. The van der Waals surface area contributed by atoms with E-state index < -0.39 is 0 Å². The number of halogens is 1. The molecule has 3 heteroatoms. The average Bonchev–Trinajstić information content (AvgIpc) is 2.19. The van der Waals surface area contributed by atoms with Crippen LogP contribution < -0.4 is 5.32 Å². The highest BCUT2D eigenvalue weighted by Crippen LogP contribution is 2.06. The highest BCUT2D eigenvalue weighted by atomic mass is 19.1. The Balaban J connectivity index is 2.60. The summed E-state index contributed by atoms with van der Waals surface area (Å²) in [5, 5.41) is 11.6. The summed E-state index contributed by atoms with van der Waals surface area (Å²) in [5.74, 6) is 0. The van der Waals surface area contributed by atoms with Crippen molar-refractivity contribution in [2.75, 3.05) is 13.2 Å². The fraction of sp³-hybridized carbons (Fsp3) is 0.300. The lowest BCUT2D eigenvalue weighted by Gasteiger charge is -2.03. The number of alkyl halides is 1. The van der Waals surface area contributed by atoms with Gasteiger partial charge in [-0.3, -0.25) is 0 Å². The Hall–Kier alpha value is -1.40. The summed E-state index contributed by atoms with van der Waals surface area (Å²) in [6, 6.07) is 9.40. The summed E-state index contributed by atoms with van der Waals surface area (Å²) in [7, 11) is 0. The summed E-state index contributed by atoms with van der Waals surface area (Å²) in [4.78, 5) is 0. The maximum atomic E-state index is 11.8. The van der Waals surface area contributed by atoms with Crippen LogP contribution in [0.25, 0.3) is 0 Å². The molecule has 0 heterocycles. The Kier molecular flexibility index (Phi) is 3.94. The summed E-state index contributed by atoms with van der Waals surface area (Å²) in [5.41, 5.74) is 1.56. The van der Waals surface area contributed by atoms with Gasteiger partial charge in [0.25, 0.3) is 0 Å². The molecule has 0 fully saturated rings. The summed E-state index contributed by atoms with van der Waals surface area (Å²) in [6.07, 6.45) is 0. The lowest BCUT2D eigenvalue weighted by molar-refractivity contribution is 0.467. The molecule has 0 aromatic heterocycles. The van der Waals surface area contributed by atoms with Gasteiger partial charge < -0.3 is 5.32 Å². The van der Waals surface area contributed by atoms with Crippen LogP contribution in [-0.4, -0.2) is 13.2 Å². The Morgan fingerprint density at radius 1 is 1.38 bits per heavy atom. The predicted molar refractivity (Wildman–Crippen MR) is 48.8 cm³/mol. The molecule has 0 atom stereocenters. The molecule has 0 unspecified atom stereocenters. The SMILES string of the molecule is N#Cc1ccccc1CNCCF. The first-order valence-corrected chi connectivity index (χ1v) is 4.13. The third-order valence-corrected chi connectivity index (χ3v) is 1.72. The zero-order valence-corrected chi connectivity index (χ0v) is 7.26. The minimum Gasteiger partial charge on any atom is -0.310 e. The monoisotopic (exact) mass is 178 g/mol. The summed E-state index contributed by atoms with van der Waals surface area (Å²) >= 11 is 0. The molecule has 0 saturated heterocycles. The maximum absolute atomic E-state index is 11.8. The standard InChI is InChI=1S/C10H11FN2/c11-5-6-13-8-10-4-2-1-3-9(10)7-12/h1-4,13H,5-6,8H2. The van der Waals surface area contributed by atoms with Gasteiger partial charge in [-0.1, -0.05) is 18.2 Å². The number of nitrogens with one attached hydrogen (secondary N) is 1. The van der Waals surface area contributed by atoms with Crippen LogP contribution >= 0.6 is 0 Å². The van der Waals surface area contributed by atoms with Gasteiger partial charge in [0.1, 0.15) is 6.67 Å². The van der Waals surface area contributed by atoms with E-state index in [-0.39, 0.29) is 6.67 Å². The average molecular weight is 178 g/mol. The number of hydrogen-bond donors (Lipinski definition) is 1. The normalized spacial score (nSPS) is 9.54. The number of nitrogens with zero attached hydrogens (tertiary/aromatic N) is 1. The smallest absolute Gasteiger partial charge is 0.102 e. The second kappa shape index (κ2) is 5.28. The van der Waals surface area contributed by atoms with E-state index in [1.807, 2.05) is 18.2 Å². The zero-order valence-electron chi connectivity index (χ0n) is 7.26. The fourth-order valence-corrected chi connectivity index (χ4v) is 1.07. The van der Waals surface area contributed by atoms with E-state index in [1.165, 1.54) is 0 Å². The van der Waals surface area contributed by atoms with Gasteiger partial charge in [0.05, 0.1) is 11.6 Å². The molecule has 1 aromatic carbocycles. The van der Waals surface area contributed by atoms with Crippen LogP contribution in [0.5, 0.6) is 0 Å². The van der Waals surface area contributed by atoms with Crippen LogP contribution in [0.4, 0.5) is 4.39 Å². The van der Waals surface area contributed by atoms with E-state index in [1.54, 1.807) is 6.07 Å². The molecule has 68 valence electrons. The van der Waals surface area contributed by atoms with Crippen LogP contribution in [0.3, 0.4) is 0 Å². The highest BCUT2D eigenvalue weighted by Gasteiger charge is 1.98. The van der Waals surface area contributed by atoms with E-state index in [9.17, 15) is 4.39 Å². The Morgan fingerprint density at radius 2 is 2.15 bits per heavy atom. The molecule has 0 aliphatic carbocycles. The molecular formula is C10H11FN2. The second-order valence-electron chi connectivity index (χ2n) is 2.63. The fourth-order valence-electron chi connectivity index (χ4n) is 1.07. The number of rotatable bonds is 4. The van der Waals surface area contributed by atoms with Crippen LogP contribution in [0.15, 0.2) is 24.3 Å². The quantitative estimate of drug-likeness (QED) is 0.711. The predicted octanol–water partition coefficient (Wildman–Crippen LogP) is 1.62. The van der Waals surface area contributed by atoms with Crippen molar-refractivity contribution >= 4 is 0 Å². The first-order valence-electron chi connectivity index (χ1n) is 4.13. The molecule has 0 saturated carbocycles. The molecule has 0 aliphatic rings. The molecule has 0 spiro atoms. The maximum Gasteiger partial charge on any atom is 0.102 e. The molecule has 1 rings (SSSR count). The van der Waals surface area contributed by atoms with E-state index in [4.69, 9.17) is 5.26 Å². The van der Waals surface area contributed by atoms with Crippen LogP contribution in [0.1, 0.15) is 11.1 Å². The van der Waals surface area contributed by atoms with Crippen LogP contribution in [0, 0.1) is 11.3 Å². The molecule has 1 N–H and O–H groups in total. The molecule has 13 heavy (non-hydrogen) atoms. The molecular weight excluding hydrogens is 167 g/mol. The van der Waals surface area contributed by atoms with Crippen LogP contribution in [-0.2, 0) is 6.54 Å². The number of nitriles is 1. The lowest BCUT2D eigenvalue weighted by Crippen LogP contribution is -2.16. The molecule has 2 nitrogen and oxygen atoms in total. The molecule has 0 bridgehead atoms. The summed E-state index contributed by atoms with van der Waals surface area (Å²) in [6.45, 7) is 0.502.